The van der Waals surface area contributed by atoms with Crippen molar-refractivity contribution in [1.82, 2.24) is 0 Å². The van der Waals surface area contributed by atoms with Crippen molar-refractivity contribution >= 4 is 12.1 Å². The Morgan fingerprint density at radius 1 is 1.40 bits per heavy atom. The first-order chi connectivity index (χ1) is 4.71. The van der Waals surface area contributed by atoms with Gasteiger partial charge in [0.1, 0.15) is 12.1 Å². The lowest BCUT2D eigenvalue weighted by atomic mass is 9.84. The van der Waals surface area contributed by atoms with Gasteiger partial charge >= 0.3 is 0 Å². The molecule has 0 amide bonds. The predicted molar refractivity (Wildman–Crippen MR) is 37.6 cm³/mol. The monoisotopic (exact) mass is 140 g/mol. The lowest BCUT2D eigenvalue weighted by molar-refractivity contribution is -0.132. The molecule has 0 aliphatic heterocycles. The van der Waals surface area contributed by atoms with Crippen molar-refractivity contribution in [2.75, 3.05) is 0 Å². The van der Waals surface area contributed by atoms with Crippen molar-refractivity contribution in [3.63, 3.8) is 0 Å². The van der Waals surface area contributed by atoms with E-state index in [2.05, 4.69) is 0 Å². The second kappa shape index (κ2) is 2.52. The highest BCUT2D eigenvalue weighted by Gasteiger charge is 2.37. The highest BCUT2D eigenvalue weighted by Crippen LogP contribution is 2.36. The zero-order chi connectivity index (χ0) is 7.61. The zero-order valence-electron chi connectivity index (χ0n) is 6.22. The molecule has 0 spiro atoms. The number of rotatable bonds is 2. The van der Waals surface area contributed by atoms with Gasteiger partial charge in [-0.3, -0.25) is 4.79 Å². The highest BCUT2D eigenvalue weighted by atomic mass is 16.1. The van der Waals surface area contributed by atoms with E-state index in [0.29, 0.717) is 0 Å². The minimum Gasteiger partial charge on any atom is -0.302 e. The lowest BCUT2D eigenvalue weighted by Gasteiger charge is -2.16. The van der Waals surface area contributed by atoms with Gasteiger partial charge in [0.05, 0.1) is 5.41 Å². The van der Waals surface area contributed by atoms with Crippen molar-refractivity contribution < 1.29 is 9.59 Å². The van der Waals surface area contributed by atoms with Gasteiger partial charge in [0, 0.05) is 0 Å². The molecule has 2 nitrogen and oxygen atoms in total. The molecule has 0 aromatic carbocycles. The minimum atomic E-state index is -0.583. The Bertz CT molecular complexity index is 155. The molecule has 0 aromatic rings. The van der Waals surface area contributed by atoms with E-state index >= 15 is 0 Å². The molecule has 1 aliphatic rings. The van der Waals surface area contributed by atoms with Gasteiger partial charge in [-0.25, -0.2) is 0 Å². The molecule has 0 radical (unpaired) electrons. The summed E-state index contributed by atoms with van der Waals surface area (Å²) in [5.74, 6) is 0.0417. The molecule has 1 saturated carbocycles. The summed E-state index contributed by atoms with van der Waals surface area (Å²) in [7, 11) is 0. The Kier molecular flexibility index (Phi) is 1.88. The number of carbonyl (C=O) groups is 2. The van der Waals surface area contributed by atoms with E-state index < -0.39 is 5.41 Å². The van der Waals surface area contributed by atoms with Crippen LogP contribution in [0.1, 0.15) is 32.6 Å². The average Bonchev–Trinajstić information content (AvgIpc) is 2.35. The van der Waals surface area contributed by atoms with E-state index in [4.69, 9.17) is 0 Å². The Morgan fingerprint density at radius 2 is 1.90 bits per heavy atom. The lowest BCUT2D eigenvalue weighted by Crippen LogP contribution is -2.26. The van der Waals surface area contributed by atoms with Crippen LogP contribution in [-0.2, 0) is 9.59 Å². The fraction of sp³-hybridized carbons (Fsp3) is 0.750. The second-order valence-corrected chi connectivity index (χ2v) is 3.04. The maximum absolute atomic E-state index is 11.0. The van der Waals surface area contributed by atoms with Crippen LogP contribution in [0.3, 0.4) is 0 Å². The van der Waals surface area contributed by atoms with Gasteiger partial charge in [0.25, 0.3) is 0 Å². The van der Waals surface area contributed by atoms with Gasteiger partial charge in [-0.05, 0) is 19.8 Å². The SMILES string of the molecule is CC(=O)C1(C=O)CCCC1. The number of carbonyl (C=O) groups excluding carboxylic acids is 2. The van der Waals surface area contributed by atoms with Gasteiger partial charge < -0.3 is 4.79 Å². The molecule has 0 N–H and O–H groups in total. The van der Waals surface area contributed by atoms with Gasteiger partial charge in [-0.2, -0.15) is 0 Å². The first-order valence-electron chi connectivity index (χ1n) is 3.69. The largest absolute Gasteiger partial charge is 0.302 e. The standard InChI is InChI=1S/C8H12O2/c1-7(10)8(6-9)4-2-3-5-8/h6H,2-5H2,1H3. The summed E-state index contributed by atoms with van der Waals surface area (Å²) in [6.07, 6.45) is 4.43. The second-order valence-electron chi connectivity index (χ2n) is 3.04. The van der Waals surface area contributed by atoms with Crippen LogP contribution < -0.4 is 0 Å². The molecule has 0 saturated heterocycles. The van der Waals surface area contributed by atoms with Crippen molar-refractivity contribution in [2.24, 2.45) is 5.41 Å². The quantitative estimate of drug-likeness (QED) is 0.428. The molecule has 0 bridgehead atoms. The minimum absolute atomic E-state index is 0.0417. The molecular weight excluding hydrogens is 128 g/mol. The first kappa shape index (κ1) is 7.45. The molecular formula is C8H12O2. The molecule has 1 aliphatic carbocycles. The number of hydrogen-bond acceptors (Lipinski definition) is 2. The van der Waals surface area contributed by atoms with E-state index in [1.54, 1.807) is 0 Å². The summed E-state index contributed by atoms with van der Waals surface area (Å²) >= 11 is 0. The van der Waals surface area contributed by atoms with Crippen LogP contribution in [0.5, 0.6) is 0 Å². The number of ketones is 1. The van der Waals surface area contributed by atoms with Crippen molar-refractivity contribution in [3.8, 4) is 0 Å². The smallest absolute Gasteiger partial charge is 0.143 e. The number of hydrogen-bond donors (Lipinski definition) is 0. The van der Waals surface area contributed by atoms with Crippen molar-refractivity contribution in [3.05, 3.63) is 0 Å². The number of Topliss-reactive ketones (excluding diaryl/α,β-unsaturated/α-hetero) is 1. The van der Waals surface area contributed by atoms with Crippen molar-refractivity contribution in [2.45, 2.75) is 32.6 Å². The Hall–Kier alpha value is -0.660. The van der Waals surface area contributed by atoms with Gasteiger partial charge in [0.15, 0.2) is 0 Å². The molecule has 10 heavy (non-hydrogen) atoms. The topological polar surface area (TPSA) is 34.1 Å². The van der Waals surface area contributed by atoms with Gasteiger partial charge in [0.2, 0.25) is 0 Å². The van der Waals surface area contributed by atoms with Crippen LogP contribution in [0.15, 0.2) is 0 Å². The summed E-state index contributed by atoms with van der Waals surface area (Å²) in [5, 5.41) is 0. The summed E-state index contributed by atoms with van der Waals surface area (Å²) < 4.78 is 0. The highest BCUT2D eigenvalue weighted by molar-refractivity contribution is 5.96. The Morgan fingerprint density at radius 3 is 2.10 bits per heavy atom. The molecule has 1 rings (SSSR count). The molecule has 1 fully saturated rings. The fourth-order valence-corrected chi connectivity index (χ4v) is 1.56. The van der Waals surface area contributed by atoms with E-state index in [9.17, 15) is 9.59 Å². The average molecular weight is 140 g/mol. The van der Waals surface area contributed by atoms with Crippen LogP contribution in [0, 0.1) is 5.41 Å². The van der Waals surface area contributed by atoms with Crippen LogP contribution in [0.25, 0.3) is 0 Å². The summed E-state index contributed by atoms with van der Waals surface area (Å²) in [6.45, 7) is 1.51. The zero-order valence-corrected chi connectivity index (χ0v) is 6.22. The predicted octanol–water partition coefficient (Wildman–Crippen LogP) is 1.33. The third-order valence-corrected chi connectivity index (χ3v) is 2.42. The maximum atomic E-state index is 11.0. The third-order valence-electron chi connectivity index (χ3n) is 2.42. The summed E-state index contributed by atoms with van der Waals surface area (Å²) in [5.41, 5.74) is -0.583. The van der Waals surface area contributed by atoms with E-state index in [1.165, 1.54) is 6.92 Å². The van der Waals surface area contributed by atoms with Crippen LogP contribution in [0.2, 0.25) is 0 Å². The summed E-state index contributed by atoms with van der Waals surface area (Å²) in [6, 6.07) is 0. The molecule has 0 unspecified atom stereocenters. The summed E-state index contributed by atoms with van der Waals surface area (Å²) in [4.78, 5) is 21.5. The van der Waals surface area contributed by atoms with Gasteiger partial charge in [-0.1, -0.05) is 12.8 Å². The first-order valence-corrected chi connectivity index (χ1v) is 3.69. The van der Waals surface area contributed by atoms with Crippen LogP contribution >= 0.6 is 0 Å². The molecule has 56 valence electrons. The number of aldehydes is 1. The van der Waals surface area contributed by atoms with Crippen molar-refractivity contribution in [1.29, 1.82) is 0 Å². The van der Waals surface area contributed by atoms with E-state index in [-0.39, 0.29) is 5.78 Å². The van der Waals surface area contributed by atoms with Crippen LogP contribution in [-0.4, -0.2) is 12.1 Å². The molecule has 2 heteroatoms. The maximum Gasteiger partial charge on any atom is 0.143 e. The van der Waals surface area contributed by atoms with Gasteiger partial charge in [-0.15, -0.1) is 0 Å². The fourth-order valence-electron chi connectivity index (χ4n) is 1.56. The normalized spacial score (nSPS) is 22.5. The molecule has 0 heterocycles. The van der Waals surface area contributed by atoms with E-state index in [1.807, 2.05) is 0 Å². The molecule has 0 atom stereocenters. The van der Waals surface area contributed by atoms with E-state index in [0.717, 1.165) is 32.0 Å². The Balaban J connectivity index is 2.76. The van der Waals surface area contributed by atoms with Crippen LogP contribution in [0.4, 0.5) is 0 Å². The third kappa shape index (κ3) is 0.981. The molecule has 0 aromatic heterocycles. The Labute approximate surface area is 60.6 Å².